The van der Waals surface area contributed by atoms with Gasteiger partial charge in [0.05, 0.1) is 10.6 Å². The van der Waals surface area contributed by atoms with E-state index in [2.05, 4.69) is 4.98 Å². The maximum Gasteiger partial charge on any atom is 0.129 e. The van der Waals surface area contributed by atoms with Crippen LogP contribution in [0.1, 0.15) is 18.1 Å². The molecule has 0 amide bonds. The lowest BCUT2D eigenvalue weighted by molar-refractivity contribution is 0.0581. The van der Waals surface area contributed by atoms with Crippen molar-refractivity contribution in [2.45, 2.75) is 18.9 Å². The minimum atomic E-state index is -1.22. The third-order valence-corrected chi connectivity index (χ3v) is 3.13. The third-order valence-electron chi connectivity index (χ3n) is 2.93. The Morgan fingerprint density at radius 3 is 2.63 bits per heavy atom. The summed E-state index contributed by atoms with van der Waals surface area (Å²) in [5.41, 5.74) is 5.80. The van der Waals surface area contributed by atoms with Crippen molar-refractivity contribution < 1.29 is 9.50 Å². The van der Waals surface area contributed by atoms with E-state index in [1.165, 1.54) is 18.3 Å². The van der Waals surface area contributed by atoms with Gasteiger partial charge in [0.1, 0.15) is 11.6 Å². The van der Waals surface area contributed by atoms with E-state index in [4.69, 9.17) is 17.3 Å². The van der Waals surface area contributed by atoms with Gasteiger partial charge in [-0.3, -0.25) is 0 Å². The molecule has 0 fully saturated rings. The maximum absolute atomic E-state index is 12.8. The van der Waals surface area contributed by atoms with Gasteiger partial charge in [0.25, 0.3) is 0 Å². The molecule has 19 heavy (non-hydrogen) atoms. The minimum absolute atomic E-state index is 0.233. The zero-order valence-corrected chi connectivity index (χ0v) is 11.2. The topological polar surface area (TPSA) is 59.1 Å². The van der Waals surface area contributed by atoms with Gasteiger partial charge in [0.2, 0.25) is 0 Å². The van der Waals surface area contributed by atoms with Gasteiger partial charge in [-0.25, -0.2) is 9.37 Å². The van der Waals surface area contributed by atoms with E-state index in [9.17, 15) is 9.50 Å². The molecule has 1 aromatic heterocycles. The summed E-state index contributed by atoms with van der Waals surface area (Å²) in [6.07, 6.45) is 1.72. The predicted molar refractivity (Wildman–Crippen MR) is 73.3 cm³/mol. The molecule has 0 saturated carbocycles. The Balaban J connectivity index is 2.31. The highest BCUT2D eigenvalue weighted by atomic mass is 35.5. The van der Waals surface area contributed by atoms with Crippen molar-refractivity contribution in [3.63, 3.8) is 0 Å². The lowest BCUT2D eigenvalue weighted by atomic mass is 9.89. The van der Waals surface area contributed by atoms with Crippen LogP contribution in [0.3, 0.4) is 0 Å². The van der Waals surface area contributed by atoms with E-state index >= 15 is 0 Å². The normalized spacial score (nSPS) is 14.1. The van der Waals surface area contributed by atoms with Crippen LogP contribution in [-0.4, -0.2) is 10.1 Å². The van der Waals surface area contributed by atoms with Crippen molar-refractivity contribution in [1.82, 2.24) is 4.98 Å². The Morgan fingerprint density at radius 2 is 2.00 bits per heavy atom. The smallest absolute Gasteiger partial charge is 0.129 e. The van der Waals surface area contributed by atoms with Gasteiger partial charge >= 0.3 is 0 Å². The van der Waals surface area contributed by atoms with Crippen LogP contribution in [0.5, 0.6) is 0 Å². The molecule has 1 unspecified atom stereocenters. The van der Waals surface area contributed by atoms with Gasteiger partial charge in [-0.05, 0) is 30.7 Å². The summed E-state index contributed by atoms with van der Waals surface area (Å²) in [5.74, 6) is -0.0798. The second-order valence-electron chi connectivity index (χ2n) is 4.66. The molecular weight excluding hydrogens is 267 g/mol. The lowest BCUT2D eigenvalue weighted by Gasteiger charge is -2.25. The van der Waals surface area contributed by atoms with Gasteiger partial charge < -0.3 is 10.8 Å². The first-order chi connectivity index (χ1) is 8.88. The average Bonchev–Trinajstić information content (AvgIpc) is 2.35. The van der Waals surface area contributed by atoms with E-state index in [-0.39, 0.29) is 11.6 Å². The zero-order valence-electron chi connectivity index (χ0n) is 10.4. The molecular formula is C14H14ClFN2O. The third kappa shape index (κ3) is 3.22. The van der Waals surface area contributed by atoms with E-state index in [0.29, 0.717) is 17.0 Å². The monoisotopic (exact) mass is 280 g/mol. The molecule has 2 rings (SSSR count). The van der Waals surface area contributed by atoms with Crippen molar-refractivity contribution >= 4 is 17.4 Å². The highest BCUT2D eigenvalue weighted by Crippen LogP contribution is 2.30. The van der Waals surface area contributed by atoms with E-state index in [1.807, 2.05) is 0 Å². The summed E-state index contributed by atoms with van der Waals surface area (Å²) >= 11 is 5.87. The van der Waals surface area contributed by atoms with E-state index < -0.39 is 5.60 Å². The SMILES string of the molecule is CC(O)(Cc1ccc(F)cc1)c1cc(Cl)cnc1N. The molecule has 1 heterocycles. The maximum atomic E-state index is 12.8. The van der Waals surface area contributed by atoms with E-state index in [1.54, 1.807) is 25.1 Å². The number of benzene rings is 1. The predicted octanol–water partition coefficient (Wildman–Crippen LogP) is 2.91. The Morgan fingerprint density at radius 1 is 1.37 bits per heavy atom. The van der Waals surface area contributed by atoms with Gasteiger partial charge in [0.15, 0.2) is 0 Å². The molecule has 3 N–H and O–H groups in total. The number of nitrogen functional groups attached to an aromatic ring is 1. The van der Waals surface area contributed by atoms with Crippen LogP contribution < -0.4 is 5.73 Å². The molecule has 2 aromatic rings. The Labute approximate surface area is 115 Å². The first-order valence-corrected chi connectivity index (χ1v) is 6.14. The fraction of sp³-hybridized carbons (Fsp3) is 0.214. The summed E-state index contributed by atoms with van der Waals surface area (Å²) in [4.78, 5) is 3.93. The van der Waals surface area contributed by atoms with Gasteiger partial charge in [-0.1, -0.05) is 23.7 Å². The molecule has 0 radical (unpaired) electrons. The van der Waals surface area contributed by atoms with Crippen LogP contribution in [0.2, 0.25) is 5.02 Å². The fourth-order valence-electron chi connectivity index (χ4n) is 1.98. The molecule has 3 nitrogen and oxygen atoms in total. The zero-order chi connectivity index (χ0) is 14.0. The number of nitrogens with zero attached hydrogens (tertiary/aromatic N) is 1. The van der Waals surface area contributed by atoms with Crippen molar-refractivity contribution in [3.8, 4) is 0 Å². The number of halogens is 2. The molecule has 0 aliphatic heterocycles. The summed E-state index contributed by atoms with van der Waals surface area (Å²) in [6, 6.07) is 7.54. The van der Waals surface area contributed by atoms with Crippen molar-refractivity contribution in [1.29, 1.82) is 0 Å². The summed E-state index contributed by atoms with van der Waals surface area (Å²) in [5, 5.41) is 10.9. The van der Waals surface area contributed by atoms with E-state index in [0.717, 1.165) is 5.56 Å². The van der Waals surface area contributed by atoms with Crippen LogP contribution >= 0.6 is 11.6 Å². The van der Waals surface area contributed by atoms with Crippen molar-refractivity contribution in [3.05, 3.63) is 58.5 Å². The Bertz CT molecular complexity index is 584. The molecule has 100 valence electrons. The number of aromatic nitrogens is 1. The minimum Gasteiger partial charge on any atom is -0.385 e. The standard InChI is InChI=1S/C14H14ClFN2O/c1-14(19,7-9-2-4-11(16)5-3-9)12-6-10(15)8-18-13(12)17/h2-6,8,19H,7H2,1H3,(H2,17,18). The fourth-order valence-corrected chi connectivity index (χ4v) is 2.13. The molecule has 0 bridgehead atoms. The van der Waals surface area contributed by atoms with Crippen LogP contribution in [0.15, 0.2) is 36.5 Å². The molecule has 0 aliphatic carbocycles. The second-order valence-corrected chi connectivity index (χ2v) is 5.10. The number of aliphatic hydroxyl groups is 1. The first-order valence-electron chi connectivity index (χ1n) is 5.77. The number of hydrogen-bond acceptors (Lipinski definition) is 3. The molecule has 1 atom stereocenters. The average molecular weight is 281 g/mol. The van der Waals surface area contributed by atoms with Crippen molar-refractivity contribution in [2.24, 2.45) is 0 Å². The molecule has 5 heteroatoms. The van der Waals surface area contributed by atoms with Gasteiger partial charge in [-0.2, -0.15) is 0 Å². The van der Waals surface area contributed by atoms with Gasteiger partial charge in [0, 0.05) is 18.2 Å². The summed E-state index contributed by atoms with van der Waals surface area (Å²) in [6.45, 7) is 1.63. The highest BCUT2D eigenvalue weighted by molar-refractivity contribution is 6.30. The number of pyridine rings is 1. The number of rotatable bonds is 3. The first kappa shape index (κ1) is 13.8. The lowest BCUT2D eigenvalue weighted by Crippen LogP contribution is -2.26. The number of hydrogen-bond donors (Lipinski definition) is 2. The van der Waals surface area contributed by atoms with Crippen LogP contribution in [0, 0.1) is 5.82 Å². The van der Waals surface area contributed by atoms with Crippen molar-refractivity contribution in [2.75, 3.05) is 5.73 Å². The molecule has 1 aromatic carbocycles. The largest absolute Gasteiger partial charge is 0.385 e. The molecule has 0 spiro atoms. The van der Waals surface area contributed by atoms with Gasteiger partial charge in [-0.15, -0.1) is 0 Å². The summed E-state index contributed by atoms with van der Waals surface area (Å²) in [7, 11) is 0. The molecule has 0 saturated heterocycles. The Kier molecular flexibility index (Phi) is 3.73. The molecule has 0 aliphatic rings. The highest BCUT2D eigenvalue weighted by Gasteiger charge is 2.27. The van der Waals surface area contributed by atoms with Crippen LogP contribution in [0.4, 0.5) is 10.2 Å². The Hall–Kier alpha value is -1.65. The number of nitrogens with two attached hydrogens (primary N) is 1. The van der Waals surface area contributed by atoms with Crippen LogP contribution in [0.25, 0.3) is 0 Å². The summed E-state index contributed by atoms with van der Waals surface area (Å²) < 4.78 is 12.8. The van der Waals surface area contributed by atoms with Crippen LogP contribution in [-0.2, 0) is 12.0 Å². The quantitative estimate of drug-likeness (QED) is 0.909. The second kappa shape index (κ2) is 5.15. The number of anilines is 1.